The second-order valence-electron chi connectivity index (χ2n) is 4.90. The van der Waals surface area contributed by atoms with E-state index in [4.69, 9.17) is 10.5 Å². The number of rotatable bonds is 8. The lowest BCUT2D eigenvalue weighted by molar-refractivity contribution is -0.125. The van der Waals surface area contributed by atoms with Crippen molar-refractivity contribution in [2.24, 2.45) is 5.73 Å². The van der Waals surface area contributed by atoms with Crippen LogP contribution in [0.1, 0.15) is 18.1 Å². The zero-order valence-electron chi connectivity index (χ0n) is 12.6. The molecule has 3 N–H and O–H groups in total. The van der Waals surface area contributed by atoms with E-state index < -0.39 is 0 Å². The molecule has 1 rings (SSSR count). The fourth-order valence-corrected chi connectivity index (χ4v) is 1.90. The molecule has 1 atom stereocenters. The lowest BCUT2D eigenvalue weighted by Crippen LogP contribution is -2.43. The number of methoxy groups -OCH3 is 1. The summed E-state index contributed by atoms with van der Waals surface area (Å²) in [5.41, 5.74) is 7.90. The van der Waals surface area contributed by atoms with Gasteiger partial charge in [-0.3, -0.25) is 9.69 Å². The van der Waals surface area contributed by atoms with Crippen LogP contribution in [0.5, 0.6) is 0 Å². The maximum absolute atomic E-state index is 11.9. The lowest BCUT2D eigenvalue weighted by Gasteiger charge is -2.24. The Balaban J connectivity index is 2.51. The zero-order valence-corrected chi connectivity index (χ0v) is 12.6. The minimum absolute atomic E-state index is 0.0135. The van der Waals surface area contributed by atoms with E-state index in [1.807, 2.05) is 37.1 Å². The van der Waals surface area contributed by atoms with Crippen molar-refractivity contribution in [2.75, 3.05) is 27.3 Å². The van der Waals surface area contributed by atoms with Crippen LogP contribution in [-0.4, -0.2) is 44.2 Å². The highest BCUT2D eigenvalue weighted by Gasteiger charge is 2.17. The van der Waals surface area contributed by atoms with Gasteiger partial charge >= 0.3 is 0 Å². The van der Waals surface area contributed by atoms with Crippen LogP contribution in [-0.2, 0) is 22.6 Å². The number of hydrogen-bond donors (Lipinski definition) is 2. The molecule has 0 radical (unpaired) electrons. The van der Waals surface area contributed by atoms with Crippen molar-refractivity contribution in [1.29, 1.82) is 0 Å². The van der Waals surface area contributed by atoms with Gasteiger partial charge in [0.15, 0.2) is 0 Å². The van der Waals surface area contributed by atoms with Gasteiger partial charge in [-0.1, -0.05) is 24.3 Å². The number of carbonyl (C=O) groups is 1. The predicted octanol–water partition coefficient (Wildman–Crippen LogP) is 0.728. The van der Waals surface area contributed by atoms with Crippen LogP contribution in [0, 0.1) is 0 Å². The smallest absolute Gasteiger partial charge is 0.237 e. The van der Waals surface area contributed by atoms with Crippen molar-refractivity contribution in [2.45, 2.75) is 26.1 Å². The molecule has 0 bridgehead atoms. The summed E-state index contributed by atoms with van der Waals surface area (Å²) in [6.07, 6.45) is 0. The second kappa shape index (κ2) is 8.68. The van der Waals surface area contributed by atoms with Crippen molar-refractivity contribution in [1.82, 2.24) is 10.2 Å². The molecule has 0 aliphatic heterocycles. The Bertz CT molecular complexity index is 423. The Morgan fingerprint density at radius 2 is 2.15 bits per heavy atom. The summed E-state index contributed by atoms with van der Waals surface area (Å²) in [4.78, 5) is 14.0. The molecule has 112 valence electrons. The van der Waals surface area contributed by atoms with Gasteiger partial charge in [-0.05, 0) is 25.1 Å². The number of likely N-dealkylation sites (N-methyl/N-ethyl adjacent to an activating group) is 1. The molecule has 20 heavy (non-hydrogen) atoms. The predicted molar refractivity (Wildman–Crippen MR) is 80.1 cm³/mol. The number of nitrogens with zero attached hydrogens (tertiary/aromatic N) is 1. The Hall–Kier alpha value is -1.43. The molecular formula is C15H25N3O2. The maximum atomic E-state index is 11.9. The number of amides is 1. The largest absolute Gasteiger partial charge is 0.383 e. The molecule has 5 heteroatoms. The van der Waals surface area contributed by atoms with Crippen LogP contribution in [0.15, 0.2) is 24.3 Å². The Morgan fingerprint density at radius 1 is 1.45 bits per heavy atom. The molecule has 0 aliphatic rings. The minimum atomic E-state index is -0.187. The average Bonchev–Trinajstić information content (AvgIpc) is 2.46. The molecule has 0 aliphatic carbocycles. The quantitative estimate of drug-likeness (QED) is 0.688. The first kappa shape index (κ1) is 16.6. The number of ether oxygens (including phenoxy) is 1. The number of benzene rings is 1. The van der Waals surface area contributed by atoms with Crippen molar-refractivity contribution in [3.8, 4) is 0 Å². The molecule has 5 nitrogen and oxygen atoms in total. The number of nitrogens with one attached hydrogen (secondary N) is 1. The summed E-state index contributed by atoms with van der Waals surface area (Å²) in [6, 6.07) is 7.93. The van der Waals surface area contributed by atoms with E-state index in [9.17, 15) is 4.79 Å². The van der Waals surface area contributed by atoms with Gasteiger partial charge in [-0.15, -0.1) is 0 Å². The van der Waals surface area contributed by atoms with Crippen molar-refractivity contribution >= 4 is 5.91 Å². The van der Waals surface area contributed by atoms with Gasteiger partial charge in [0, 0.05) is 26.7 Å². The molecule has 1 amide bonds. The summed E-state index contributed by atoms with van der Waals surface area (Å²) in [5, 5.41) is 2.85. The van der Waals surface area contributed by atoms with Crippen LogP contribution >= 0.6 is 0 Å². The van der Waals surface area contributed by atoms with E-state index in [1.165, 1.54) is 0 Å². The number of hydrogen-bond acceptors (Lipinski definition) is 4. The van der Waals surface area contributed by atoms with Crippen molar-refractivity contribution in [3.05, 3.63) is 35.4 Å². The summed E-state index contributed by atoms with van der Waals surface area (Å²) >= 11 is 0. The molecular weight excluding hydrogens is 254 g/mol. The van der Waals surface area contributed by atoms with Gasteiger partial charge in [0.05, 0.1) is 12.6 Å². The fraction of sp³-hybridized carbons (Fsp3) is 0.533. The lowest BCUT2D eigenvalue weighted by atomic mass is 10.1. The average molecular weight is 279 g/mol. The SMILES string of the molecule is COCCNC(=O)C(C)N(C)Cc1cccc(CN)c1. The third-order valence-electron chi connectivity index (χ3n) is 3.31. The van der Waals surface area contributed by atoms with E-state index in [0.717, 1.165) is 11.1 Å². The summed E-state index contributed by atoms with van der Waals surface area (Å²) < 4.78 is 4.91. The van der Waals surface area contributed by atoms with Crippen molar-refractivity contribution in [3.63, 3.8) is 0 Å². The highest BCUT2D eigenvalue weighted by atomic mass is 16.5. The van der Waals surface area contributed by atoms with Crippen LogP contribution in [0.25, 0.3) is 0 Å². The Labute approximate surface area is 121 Å². The second-order valence-corrected chi connectivity index (χ2v) is 4.90. The minimum Gasteiger partial charge on any atom is -0.383 e. The highest BCUT2D eigenvalue weighted by Crippen LogP contribution is 2.09. The van der Waals surface area contributed by atoms with Crippen LogP contribution in [0.4, 0.5) is 0 Å². The maximum Gasteiger partial charge on any atom is 0.237 e. The highest BCUT2D eigenvalue weighted by molar-refractivity contribution is 5.81. The topological polar surface area (TPSA) is 67.6 Å². The summed E-state index contributed by atoms with van der Waals surface area (Å²) in [6.45, 7) is 4.21. The van der Waals surface area contributed by atoms with Gasteiger partial charge in [-0.2, -0.15) is 0 Å². The third-order valence-corrected chi connectivity index (χ3v) is 3.31. The van der Waals surface area contributed by atoms with Gasteiger partial charge in [0.1, 0.15) is 0 Å². The van der Waals surface area contributed by atoms with E-state index in [2.05, 4.69) is 11.4 Å². The molecule has 0 saturated heterocycles. The van der Waals surface area contributed by atoms with E-state index in [0.29, 0.717) is 26.2 Å². The molecule has 1 aromatic rings. The van der Waals surface area contributed by atoms with E-state index in [-0.39, 0.29) is 11.9 Å². The monoisotopic (exact) mass is 279 g/mol. The van der Waals surface area contributed by atoms with Crippen molar-refractivity contribution < 1.29 is 9.53 Å². The summed E-state index contributed by atoms with van der Waals surface area (Å²) in [5.74, 6) is 0.0135. The van der Waals surface area contributed by atoms with Gasteiger partial charge in [0.2, 0.25) is 5.91 Å². The number of carbonyl (C=O) groups excluding carboxylic acids is 1. The third kappa shape index (κ3) is 5.28. The van der Waals surface area contributed by atoms with E-state index >= 15 is 0 Å². The molecule has 0 heterocycles. The number of nitrogens with two attached hydrogens (primary N) is 1. The zero-order chi connectivity index (χ0) is 15.0. The first-order valence-corrected chi connectivity index (χ1v) is 6.83. The Kier molecular flexibility index (Phi) is 7.22. The fourth-order valence-electron chi connectivity index (χ4n) is 1.90. The molecule has 0 spiro atoms. The van der Waals surface area contributed by atoms with Crippen LogP contribution in [0.2, 0.25) is 0 Å². The summed E-state index contributed by atoms with van der Waals surface area (Å²) in [7, 11) is 3.56. The molecule has 1 aromatic carbocycles. The molecule has 1 unspecified atom stereocenters. The normalized spacial score (nSPS) is 12.4. The van der Waals surface area contributed by atoms with Gasteiger partial charge in [-0.25, -0.2) is 0 Å². The van der Waals surface area contributed by atoms with Crippen LogP contribution in [0.3, 0.4) is 0 Å². The van der Waals surface area contributed by atoms with E-state index in [1.54, 1.807) is 7.11 Å². The van der Waals surface area contributed by atoms with Gasteiger partial charge < -0.3 is 15.8 Å². The van der Waals surface area contributed by atoms with Gasteiger partial charge in [0.25, 0.3) is 0 Å². The van der Waals surface area contributed by atoms with Crippen LogP contribution < -0.4 is 11.1 Å². The molecule has 0 fully saturated rings. The Morgan fingerprint density at radius 3 is 2.80 bits per heavy atom. The molecule has 0 aromatic heterocycles. The first-order valence-electron chi connectivity index (χ1n) is 6.83. The molecule has 0 saturated carbocycles. The standard InChI is InChI=1S/C15H25N3O2/c1-12(15(19)17-7-8-20-3)18(2)11-14-6-4-5-13(9-14)10-16/h4-6,9,12H,7-8,10-11,16H2,1-3H3,(H,17,19). The first-order chi connectivity index (χ1) is 9.58.